The molecule has 8 heteroatoms. The normalized spacial score (nSPS) is 17.3. The number of benzene rings is 1. The van der Waals surface area contributed by atoms with Crippen molar-refractivity contribution in [3.05, 3.63) is 57.0 Å². The lowest BCUT2D eigenvalue weighted by molar-refractivity contribution is 0.171. The van der Waals surface area contributed by atoms with Crippen LogP contribution >= 0.6 is 0 Å². The lowest BCUT2D eigenvalue weighted by Crippen LogP contribution is -2.26. The lowest BCUT2D eigenvalue weighted by Gasteiger charge is -2.25. The molecule has 2 aliphatic heterocycles. The van der Waals surface area contributed by atoms with Gasteiger partial charge in [0.25, 0.3) is 0 Å². The van der Waals surface area contributed by atoms with Gasteiger partial charge in [-0.25, -0.2) is 4.79 Å². The highest BCUT2D eigenvalue weighted by Gasteiger charge is 2.36. The van der Waals surface area contributed by atoms with E-state index in [0.717, 1.165) is 0 Å². The van der Waals surface area contributed by atoms with Crippen LogP contribution in [0.5, 0.6) is 23.0 Å². The average Bonchev–Trinajstić information content (AvgIpc) is 3.07. The van der Waals surface area contributed by atoms with Crippen LogP contribution in [0.3, 0.4) is 0 Å². The van der Waals surface area contributed by atoms with Gasteiger partial charge in [0.05, 0.1) is 18.6 Å². The molecule has 1 atom stereocenters. The molecule has 0 saturated heterocycles. The third-order valence-corrected chi connectivity index (χ3v) is 4.27. The third-order valence-electron chi connectivity index (χ3n) is 4.27. The summed E-state index contributed by atoms with van der Waals surface area (Å²) in [6, 6.07) is 6.96. The van der Waals surface area contributed by atoms with Gasteiger partial charge in [0.15, 0.2) is 11.5 Å². The van der Waals surface area contributed by atoms with Gasteiger partial charge in [0, 0.05) is 6.07 Å². The van der Waals surface area contributed by atoms with Crippen LogP contribution in [0.2, 0.25) is 0 Å². The lowest BCUT2D eigenvalue weighted by atomic mass is 9.84. The Morgan fingerprint density at radius 2 is 2.08 bits per heavy atom. The number of aryl methyl sites for hydroxylation is 1. The maximum atomic E-state index is 12.5. The standard InChI is InChI=1S/C18H14N2O6/c1-8-3-11-15(18(21)25-8)14(10(6-19)17(20)26-11)9-4-12(22-2)16-13(5-9)23-7-24-16/h3-5,14H,7,20H2,1-2H3/t14-/m1/s1. The Balaban J connectivity index is 1.99. The second-order valence-corrected chi connectivity index (χ2v) is 5.80. The first kappa shape index (κ1) is 15.9. The smallest absolute Gasteiger partial charge is 0.343 e. The molecule has 0 fully saturated rings. The molecule has 8 nitrogen and oxygen atoms in total. The highest BCUT2D eigenvalue weighted by atomic mass is 16.7. The molecule has 1 aromatic carbocycles. The van der Waals surface area contributed by atoms with Crippen LogP contribution in [0.25, 0.3) is 0 Å². The van der Waals surface area contributed by atoms with Crippen molar-refractivity contribution in [2.45, 2.75) is 12.8 Å². The van der Waals surface area contributed by atoms with E-state index in [1.165, 1.54) is 7.11 Å². The van der Waals surface area contributed by atoms with Crippen molar-refractivity contribution < 1.29 is 23.4 Å². The van der Waals surface area contributed by atoms with Crippen molar-refractivity contribution in [1.29, 1.82) is 5.26 Å². The van der Waals surface area contributed by atoms with Gasteiger partial charge in [-0.15, -0.1) is 0 Å². The average molecular weight is 354 g/mol. The molecule has 0 saturated carbocycles. The number of methoxy groups -OCH3 is 1. The number of allylic oxidation sites excluding steroid dienone is 1. The fraction of sp³-hybridized carbons (Fsp3) is 0.222. The van der Waals surface area contributed by atoms with E-state index in [-0.39, 0.29) is 29.6 Å². The second kappa shape index (κ2) is 5.74. The first-order valence-electron chi connectivity index (χ1n) is 7.73. The van der Waals surface area contributed by atoms with E-state index < -0.39 is 11.5 Å². The minimum absolute atomic E-state index is 0.0595. The summed E-state index contributed by atoms with van der Waals surface area (Å²) < 4.78 is 26.9. The van der Waals surface area contributed by atoms with Crippen molar-refractivity contribution in [2.24, 2.45) is 5.73 Å². The van der Waals surface area contributed by atoms with Crippen molar-refractivity contribution in [3.8, 4) is 29.1 Å². The maximum absolute atomic E-state index is 12.5. The summed E-state index contributed by atoms with van der Waals surface area (Å²) in [6.07, 6.45) is 0. The van der Waals surface area contributed by atoms with Crippen LogP contribution in [0, 0.1) is 18.3 Å². The Bertz CT molecular complexity index is 1050. The number of hydrogen-bond donors (Lipinski definition) is 1. The molecule has 2 aromatic rings. The highest BCUT2D eigenvalue weighted by molar-refractivity contribution is 5.61. The quantitative estimate of drug-likeness (QED) is 0.869. The van der Waals surface area contributed by atoms with E-state index >= 15 is 0 Å². The summed E-state index contributed by atoms with van der Waals surface area (Å²) in [5.41, 5.74) is 6.21. The molecule has 0 radical (unpaired) electrons. The number of nitriles is 1. The highest BCUT2D eigenvalue weighted by Crippen LogP contribution is 2.47. The molecule has 2 aliphatic rings. The molecule has 0 spiro atoms. The zero-order valence-electron chi connectivity index (χ0n) is 14.0. The minimum Gasteiger partial charge on any atom is -0.493 e. The zero-order chi connectivity index (χ0) is 18.4. The van der Waals surface area contributed by atoms with E-state index in [1.54, 1.807) is 25.1 Å². The second-order valence-electron chi connectivity index (χ2n) is 5.80. The summed E-state index contributed by atoms with van der Waals surface area (Å²) in [6.45, 7) is 1.69. The molecule has 26 heavy (non-hydrogen) atoms. The molecular formula is C18H14N2O6. The van der Waals surface area contributed by atoms with Crippen LogP contribution in [-0.2, 0) is 0 Å². The van der Waals surface area contributed by atoms with E-state index in [9.17, 15) is 10.1 Å². The molecule has 132 valence electrons. The van der Waals surface area contributed by atoms with E-state index in [0.29, 0.717) is 28.6 Å². The van der Waals surface area contributed by atoms with Crippen LogP contribution in [0.1, 0.15) is 22.8 Å². The molecule has 0 unspecified atom stereocenters. The fourth-order valence-corrected chi connectivity index (χ4v) is 3.17. The molecular weight excluding hydrogens is 340 g/mol. The Labute approximate surface area is 147 Å². The van der Waals surface area contributed by atoms with Gasteiger partial charge in [-0.1, -0.05) is 0 Å². The van der Waals surface area contributed by atoms with Gasteiger partial charge in [0.1, 0.15) is 23.2 Å². The summed E-state index contributed by atoms with van der Waals surface area (Å²) >= 11 is 0. The molecule has 1 aromatic heterocycles. The van der Waals surface area contributed by atoms with Crippen LogP contribution < -0.4 is 30.3 Å². The zero-order valence-corrected chi connectivity index (χ0v) is 14.0. The van der Waals surface area contributed by atoms with E-state index in [1.807, 2.05) is 6.07 Å². The van der Waals surface area contributed by atoms with Gasteiger partial charge >= 0.3 is 5.63 Å². The Hall–Kier alpha value is -3.60. The predicted molar refractivity (Wildman–Crippen MR) is 88.1 cm³/mol. The van der Waals surface area contributed by atoms with E-state index in [2.05, 4.69) is 0 Å². The monoisotopic (exact) mass is 354 g/mol. The van der Waals surface area contributed by atoms with Crippen molar-refractivity contribution in [1.82, 2.24) is 0 Å². The number of fused-ring (bicyclic) bond motifs is 2. The van der Waals surface area contributed by atoms with E-state index in [4.69, 9.17) is 29.1 Å². The number of rotatable bonds is 2. The molecule has 2 N–H and O–H groups in total. The molecule has 0 aliphatic carbocycles. The minimum atomic E-state index is -0.774. The van der Waals surface area contributed by atoms with Crippen molar-refractivity contribution in [3.63, 3.8) is 0 Å². The molecule has 3 heterocycles. The predicted octanol–water partition coefficient (Wildman–Crippen LogP) is 1.90. The summed E-state index contributed by atoms with van der Waals surface area (Å²) in [5, 5.41) is 9.60. The van der Waals surface area contributed by atoms with Gasteiger partial charge in [-0.2, -0.15) is 5.26 Å². The number of hydrogen-bond acceptors (Lipinski definition) is 8. The summed E-state index contributed by atoms with van der Waals surface area (Å²) in [7, 11) is 1.49. The maximum Gasteiger partial charge on any atom is 0.343 e. The Morgan fingerprint density at radius 1 is 1.27 bits per heavy atom. The Kier molecular flexibility index (Phi) is 3.51. The molecule has 0 amide bonds. The van der Waals surface area contributed by atoms with Gasteiger partial charge in [-0.05, 0) is 24.6 Å². The summed E-state index contributed by atoms with van der Waals surface area (Å²) in [4.78, 5) is 12.5. The molecule has 4 rings (SSSR count). The van der Waals surface area contributed by atoms with Gasteiger partial charge in [0.2, 0.25) is 18.4 Å². The Morgan fingerprint density at radius 3 is 2.81 bits per heavy atom. The van der Waals surface area contributed by atoms with Crippen LogP contribution in [0.4, 0.5) is 0 Å². The van der Waals surface area contributed by atoms with Crippen LogP contribution in [0.15, 0.2) is 38.9 Å². The van der Waals surface area contributed by atoms with Crippen LogP contribution in [-0.4, -0.2) is 13.9 Å². The van der Waals surface area contributed by atoms with Gasteiger partial charge in [-0.3, -0.25) is 0 Å². The SMILES string of the molecule is COc1cc([C@@H]2C(C#N)=C(N)Oc3cc(C)oc(=O)c32)cc2c1OCO2. The molecule has 0 bridgehead atoms. The largest absolute Gasteiger partial charge is 0.493 e. The van der Waals surface area contributed by atoms with Crippen molar-refractivity contribution >= 4 is 0 Å². The summed E-state index contributed by atoms with van der Waals surface area (Å²) in [5.74, 6) is 1.15. The fourth-order valence-electron chi connectivity index (χ4n) is 3.17. The number of nitrogens with two attached hydrogens (primary N) is 1. The van der Waals surface area contributed by atoms with Gasteiger partial charge < -0.3 is 29.1 Å². The first-order valence-corrected chi connectivity index (χ1v) is 7.73. The van der Waals surface area contributed by atoms with Crippen molar-refractivity contribution in [2.75, 3.05) is 13.9 Å². The third kappa shape index (κ3) is 2.25. The topological polar surface area (TPSA) is 117 Å². The number of nitrogens with zero attached hydrogens (tertiary/aromatic N) is 1. The number of ether oxygens (including phenoxy) is 4. The first-order chi connectivity index (χ1) is 12.5.